The summed E-state index contributed by atoms with van der Waals surface area (Å²) in [5, 5.41) is 3.62. The predicted octanol–water partition coefficient (Wildman–Crippen LogP) is 3.05. The molecule has 1 aromatic rings. The second kappa shape index (κ2) is 4.85. The lowest BCUT2D eigenvalue weighted by molar-refractivity contribution is -0.136. The molecule has 1 aliphatic carbocycles. The number of carbonyl (C=O) groups excluding carboxylic acids is 1. The summed E-state index contributed by atoms with van der Waals surface area (Å²) in [5.41, 5.74) is 4.55. The number of anilines is 1. The van der Waals surface area contributed by atoms with E-state index in [1.807, 2.05) is 0 Å². The molecule has 0 aromatic heterocycles. The first kappa shape index (κ1) is 14.5. The Balaban J connectivity index is 1.75. The van der Waals surface area contributed by atoms with Crippen molar-refractivity contribution in [2.75, 3.05) is 19.0 Å². The Hall–Kier alpha value is -1.81. The number of esters is 1. The van der Waals surface area contributed by atoms with Gasteiger partial charge in [0.2, 0.25) is 0 Å². The Morgan fingerprint density at radius 2 is 2.25 bits per heavy atom. The van der Waals surface area contributed by atoms with Crippen molar-refractivity contribution in [3.8, 4) is 0 Å². The van der Waals surface area contributed by atoms with Crippen LogP contribution < -0.4 is 5.32 Å². The number of fused-ring (bicyclic) bond motifs is 1. The van der Waals surface area contributed by atoms with E-state index >= 15 is 0 Å². The largest absolute Gasteiger partial charge is 0.466 e. The molecule has 4 heteroatoms. The van der Waals surface area contributed by atoms with Gasteiger partial charge < -0.3 is 10.1 Å². The number of benzene rings is 1. The first-order valence-electron chi connectivity index (χ1n) is 9.15. The van der Waals surface area contributed by atoms with Crippen LogP contribution in [0, 0.1) is 5.92 Å². The SMILES string of the molecule is CC[C@H]1C[C@H]2CC(C(=O)OC)=C3Nc4ccccc4[C@@]34CCN1[C@@H]24. The van der Waals surface area contributed by atoms with E-state index in [2.05, 4.69) is 41.4 Å². The quantitative estimate of drug-likeness (QED) is 0.849. The molecule has 0 radical (unpaired) electrons. The number of rotatable bonds is 2. The van der Waals surface area contributed by atoms with Gasteiger partial charge in [-0.25, -0.2) is 4.79 Å². The Bertz CT molecular complexity index is 756. The molecule has 3 heterocycles. The minimum absolute atomic E-state index is 0.0348. The van der Waals surface area contributed by atoms with E-state index in [1.54, 1.807) is 0 Å². The number of nitrogens with zero attached hydrogens (tertiary/aromatic N) is 1. The molecule has 0 saturated carbocycles. The maximum Gasteiger partial charge on any atom is 0.335 e. The van der Waals surface area contributed by atoms with Crippen LogP contribution in [0.3, 0.4) is 0 Å². The van der Waals surface area contributed by atoms with Gasteiger partial charge in [-0.2, -0.15) is 0 Å². The summed E-state index contributed by atoms with van der Waals surface area (Å²) >= 11 is 0. The van der Waals surface area contributed by atoms with Gasteiger partial charge in [0.15, 0.2) is 0 Å². The summed E-state index contributed by atoms with van der Waals surface area (Å²) in [6.07, 6.45) is 4.35. The smallest absolute Gasteiger partial charge is 0.335 e. The molecule has 2 fully saturated rings. The molecule has 1 N–H and O–H groups in total. The van der Waals surface area contributed by atoms with Crippen LogP contribution in [0.2, 0.25) is 0 Å². The van der Waals surface area contributed by atoms with Gasteiger partial charge in [-0.15, -0.1) is 0 Å². The molecule has 4 nitrogen and oxygen atoms in total. The Morgan fingerprint density at radius 3 is 3.04 bits per heavy atom. The van der Waals surface area contributed by atoms with Gasteiger partial charge in [-0.05, 0) is 43.2 Å². The molecule has 24 heavy (non-hydrogen) atoms. The third kappa shape index (κ3) is 1.55. The van der Waals surface area contributed by atoms with E-state index in [4.69, 9.17) is 4.74 Å². The molecule has 2 saturated heterocycles. The molecule has 1 spiro atoms. The number of ether oxygens (including phenoxy) is 1. The van der Waals surface area contributed by atoms with Gasteiger partial charge >= 0.3 is 5.97 Å². The summed E-state index contributed by atoms with van der Waals surface area (Å²) < 4.78 is 5.15. The number of hydrogen-bond donors (Lipinski definition) is 1. The lowest BCUT2D eigenvalue weighted by Crippen LogP contribution is -2.48. The van der Waals surface area contributed by atoms with Gasteiger partial charge in [-0.3, -0.25) is 4.90 Å². The number of methoxy groups -OCH3 is 1. The molecular formula is C20H24N2O2. The van der Waals surface area contributed by atoms with E-state index in [0.29, 0.717) is 18.0 Å². The fourth-order valence-electron chi connectivity index (χ4n) is 6.11. The zero-order valence-corrected chi connectivity index (χ0v) is 14.3. The Kier molecular flexibility index (Phi) is 2.94. The molecule has 1 aromatic carbocycles. The topological polar surface area (TPSA) is 41.6 Å². The van der Waals surface area contributed by atoms with E-state index in [-0.39, 0.29) is 11.4 Å². The number of hydrogen-bond acceptors (Lipinski definition) is 4. The summed E-state index contributed by atoms with van der Waals surface area (Å²) in [4.78, 5) is 15.3. The van der Waals surface area contributed by atoms with Gasteiger partial charge in [0.1, 0.15) is 0 Å². The van der Waals surface area contributed by atoms with Crippen LogP contribution in [-0.4, -0.2) is 36.6 Å². The summed E-state index contributed by atoms with van der Waals surface area (Å²) in [7, 11) is 1.50. The van der Waals surface area contributed by atoms with Gasteiger partial charge in [0, 0.05) is 30.0 Å². The van der Waals surface area contributed by atoms with Gasteiger partial charge in [0.25, 0.3) is 0 Å². The predicted molar refractivity (Wildman–Crippen MR) is 92.7 cm³/mol. The lowest BCUT2D eigenvalue weighted by atomic mass is 9.63. The van der Waals surface area contributed by atoms with Crippen molar-refractivity contribution in [1.82, 2.24) is 4.90 Å². The molecular weight excluding hydrogens is 300 g/mol. The van der Waals surface area contributed by atoms with E-state index < -0.39 is 0 Å². The van der Waals surface area contributed by atoms with Crippen molar-refractivity contribution in [1.29, 1.82) is 0 Å². The van der Waals surface area contributed by atoms with Crippen LogP contribution in [0.4, 0.5) is 5.69 Å². The monoisotopic (exact) mass is 324 g/mol. The molecule has 4 aliphatic rings. The van der Waals surface area contributed by atoms with Crippen molar-refractivity contribution in [3.05, 3.63) is 41.1 Å². The third-order valence-electron chi connectivity index (χ3n) is 6.90. The maximum absolute atomic E-state index is 12.5. The van der Waals surface area contributed by atoms with Gasteiger partial charge in [-0.1, -0.05) is 25.1 Å². The van der Waals surface area contributed by atoms with E-state index in [9.17, 15) is 4.79 Å². The second-order valence-corrected chi connectivity index (χ2v) is 7.68. The van der Waals surface area contributed by atoms with Crippen LogP contribution in [0.15, 0.2) is 35.5 Å². The van der Waals surface area contributed by atoms with E-state index in [0.717, 1.165) is 30.7 Å². The normalized spacial score (nSPS) is 36.2. The summed E-state index contributed by atoms with van der Waals surface area (Å²) in [6, 6.07) is 9.80. The Morgan fingerprint density at radius 1 is 1.42 bits per heavy atom. The van der Waals surface area contributed by atoms with Gasteiger partial charge in [0.05, 0.1) is 18.1 Å². The molecule has 0 bridgehead atoms. The fourth-order valence-corrected chi connectivity index (χ4v) is 6.11. The minimum Gasteiger partial charge on any atom is -0.466 e. The highest BCUT2D eigenvalue weighted by atomic mass is 16.5. The summed E-state index contributed by atoms with van der Waals surface area (Å²) in [6.45, 7) is 3.43. The van der Waals surface area contributed by atoms with E-state index in [1.165, 1.54) is 31.2 Å². The highest BCUT2D eigenvalue weighted by Gasteiger charge is 2.64. The first-order chi connectivity index (χ1) is 11.7. The molecule has 126 valence electrons. The van der Waals surface area contributed by atoms with Crippen molar-refractivity contribution in [2.45, 2.75) is 50.1 Å². The zero-order chi connectivity index (χ0) is 16.5. The zero-order valence-electron chi connectivity index (χ0n) is 14.3. The van der Waals surface area contributed by atoms with Crippen LogP contribution in [0.5, 0.6) is 0 Å². The highest BCUT2D eigenvalue weighted by Crippen LogP contribution is 2.62. The van der Waals surface area contributed by atoms with Crippen molar-refractivity contribution < 1.29 is 9.53 Å². The summed E-state index contributed by atoms with van der Waals surface area (Å²) in [5.74, 6) is 0.407. The third-order valence-corrected chi connectivity index (χ3v) is 6.90. The standard InChI is InChI=1S/C20H24N2O2/c1-3-13-10-12-11-14(19(23)24-2)17-20(8-9-22(13)18(12)20)15-6-4-5-7-16(15)21-17/h4-7,12-13,18,21H,3,8-11H2,1-2H3/t12-,13-,18-,20-/m0/s1. The number of para-hydroxylation sites is 1. The Labute approximate surface area is 142 Å². The average molecular weight is 324 g/mol. The van der Waals surface area contributed by atoms with Crippen LogP contribution in [0.25, 0.3) is 0 Å². The average Bonchev–Trinajstić information content (AvgIpc) is 3.27. The van der Waals surface area contributed by atoms with Crippen LogP contribution in [-0.2, 0) is 14.9 Å². The molecule has 0 amide bonds. The first-order valence-corrected chi connectivity index (χ1v) is 9.15. The van der Waals surface area contributed by atoms with Crippen LogP contribution in [0.1, 0.15) is 38.2 Å². The molecule has 0 unspecified atom stereocenters. The lowest BCUT2D eigenvalue weighted by Gasteiger charge is -2.41. The van der Waals surface area contributed by atoms with Crippen molar-refractivity contribution in [3.63, 3.8) is 0 Å². The van der Waals surface area contributed by atoms with Crippen LogP contribution >= 0.6 is 0 Å². The molecule has 3 aliphatic heterocycles. The molecule has 4 atom stereocenters. The number of nitrogens with one attached hydrogen (secondary N) is 1. The maximum atomic E-state index is 12.5. The highest BCUT2D eigenvalue weighted by molar-refractivity contribution is 5.93. The molecule has 5 rings (SSSR count). The fraction of sp³-hybridized carbons (Fsp3) is 0.550. The second-order valence-electron chi connectivity index (χ2n) is 7.68. The number of carbonyl (C=O) groups is 1. The minimum atomic E-state index is -0.151. The van der Waals surface area contributed by atoms with Crippen molar-refractivity contribution >= 4 is 11.7 Å². The van der Waals surface area contributed by atoms with Crippen molar-refractivity contribution in [2.24, 2.45) is 5.92 Å².